The number of ether oxygens (including phenoxy) is 1. The molecule has 1 aromatic carbocycles. The number of rotatable bonds is 4. The summed E-state index contributed by atoms with van der Waals surface area (Å²) in [7, 11) is 0. The van der Waals surface area contributed by atoms with Crippen molar-refractivity contribution in [3.8, 4) is 11.6 Å². The minimum Gasteiger partial charge on any atom is -0.436 e. The zero-order valence-corrected chi connectivity index (χ0v) is 10.9. The number of halogens is 4. The maximum Gasteiger partial charge on any atom is 0.451 e. The second-order valence-electron chi connectivity index (χ2n) is 3.98. The lowest BCUT2D eigenvalue weighted by Crippen LogP contribution is -2.13. The molecule has 0 saturated heterocycles. The predicted octanol–water partition coefficient (Wildman–Crippen LogP) is 3.86. The van der Waals surface area contributed by atoms with E-state index >= 15 is 0 Å². The smallest absolute Gasteiger partial charge is 0.436 e. The Morgan fingerprint density at radius 1 is 1.19 bits per heavy atom. The van der Waals surface area contributed by atoms with Gasteiger partial charge in [-0.2, -0.15) is 18.2 Å². The van der Waals surface area contributed by atoms with Gasteiger partial charge in [-0.1, -0.05) is 12.1 Å². The molecule has 112 valence electrons. The van der Waals surface area contributed by atoms with Crippen molar-refractivity contribution in [2.24, 2.45) is 0 Å². The minimum absolute atomic E-state index is 0.0498. The summed E-state index contributed by atoms with van der Waals surface area (Å²) in [4.78, 5) is 6.60. The van der Waals surface area contributed by atoms with E-state index in [9.17, 15) is 17.6 Å². The van der Waals surface area contributed by atoms with Crippen molar-refractivity contribution in [1.29, 1.82) is 0 Å². The van der Waals surface area contributed by atoms with Gasteiger partial charge in [-0.05, 0) is 19.1 Å². The van der Waals surface area contributed by atoms with Crippen LogP contribution in [0.4, 0.5) is 23.4 Å². The first-order valence-corrected chi connectivity index (χ1v) is 6.02. The van der Waals surface area contributed by atoms with Crippen LogP contribution in [0.2, 0.25) is 0 Å². The van der Waals surface area contributed by atoms with Gasteiger partial charge in [-0.3, -0.25) is 0 Å². The molecule has 21 heavy (non-hydrogen) atoms. The molecule has 0 saturated carbocycles. The van der Waals surface area contributed by atoms with Gasteiger partial charge in [-0.15, -0.1) is 0 Å². The van der Waals surface area contributed by atoms with Gasteiger partial charge in [0.15, 0.2) is 11.6 Å². The summed E-state index contributed by atoms with van der Waals surface area (Å²) in [5.41, 5.74) is 0. The molecule has 0 amide bonds. The SMILES string of the molecule is CCNc1cc(Oc2ccccc2F)nc(C(F)(F)F)n1. The molecule has 1 heterocycles. The molecule has 0 radical (unpaired) electrons. The Labute approximate surface area is 117 Å². The van der Waals surface area contributed by atoms with Crippen molar-refractivity contribution < 1.29 is 22.3 Å². The van der Waals surface area contributed by atoms with Gasteiger partial charge in [0.1, 0.15) is 5.82 Å². The summed E-state index contributed by atoms with van der Waals surface area (Å²) in [5, 5.41) is 2.64. The van der Waals surface area contributed by atoms with Gasteiger partial charge in [0.2, 0.25) is 11.7 Å². The van der Waals surface area contributed by atoms with Crippen molar-refractivity contribution in [1.82, 2.24) is 9.97 Å². The van der Waals surface area contributed by atoms with E-state index in [1.807, 2.05) is 0 Å². The van der Waals surface area contributed by atoms with Crippen LogP contribution in [0.3, 0.4) is 0 Å². The molecule has 0 aliphatic carbocycles. The normalized spacial score (nSPS) is 11.3. The van der Waals surface area contributed by atoms with Crippen LogP contribution in [0.5, 0.6) is 11.6 Å². The van der Waals surface area contributed by atoms with E-state index in [0.29, 0.717) is 6.54 Å². The number of nitrogens with one attached hydrogen (secondary N) is 1. The molecule has 1 N–H and O–H groups in total. The third kappa shape index (κ3) is 3.80. The van der Waals surface area contributed by atoms with Crippen LogP contribution in [0, 0.1) is 5.82 Å². The van der Waals surface area contributed by atoms with Crippen LogP contribution in [-0.2, 0) is 6.18 Å². The summed E-state index contributed by atoms with van der Waals surface area (Å²) in [5.74, 6) is -2.71. The Balaban J connectivity index is 2.38. The fraction of sp³-hybridized carbons (Fsp3) is 0.231. The second-order valence-corrected chi connectivity index (χ2v) is 3.98. The summed E-state index contributed by atoms with van der Waals surface area (Å²) in [6, 6.07) is 6.53. The average Bonchev–Trinajstić information content (AvgIpc) is 2.41. The molecular weight excluding hydrogens is 290 g/mol. The monoisotopic (exact) mass is 301 g/mol. The topological polar surface area (TPSA) is 47.0 Å². The van der Waals surface area contributed by atoms with Gasteiger partial charge >= 0.3 is 6.18 Å². The van der Waals surface area contributed by atoms with Crippen LogP contribution in [0.1, 0.15) is 12.7 Å². The number of alkyl halides is 3. The third-order valence-corrected chi connectivity index (χ3v) is 2.37. The number of aromatic nitrogens is 2. The molecule has 0 fully saturated rings. The first-order chi connectivity index (χ1) is 9.90. The van der Waals surface area contributed by atoms with Crippen LogP contribution in [-0.4, -0.2) is 16.5 Å². The van der Waals surface area contributed by atoms with Gasteiger partial charge in [0, 0.05) is 12.6 Å². The average molecular weight is 301 g/mol. The van der Waals surface area contributed by atoms with Crippen LogP contribution < -0.4 is 10.1 Å². The van der Waals surface area contributed by atoms with Crippen molar-refractivity contribution in [2.75, 3.05) is 11.9 Å². The first kappa shape index (κ1) is 15.0. The largest absolute Gasteiger partial charge is 0.451 e. The van der Waals surface area contributed by atoms with Crippen molar-refractivity contribution >= 4 is 5.82 Å². The fourth-order valence-corrected chi connectivity index (χ4v) is 1.52. The summed E-state index contributed by atoms with van der Waals surface area (Å²) >= 11 is 0. The highest BCUT2D eigenvalue weighted by Crippen LogP contribution is 2.30. The van der Waals surface area contributed by atoms with Crippen molar-refractivity contribution in [3.63, 3.8) is 0 Å². The molecule has 0 atom stereocenters. The lowest BCUT2D eigenvalue weighted by atomic mass is 10.3. The van der Waals surface area contributed by atoms with Gasteiger partial charge < -0.3 is 10.1 Å². The number of nitrogens with zero attached hydrogens (tertiary/aromatic N) is 2. The third-order valence-electron chi connectivity index (χ3n) is 2.37. The predicted molar refractivity (Wildman–Crippen MR) is 67.7 cm³/mol. The molecule has 0 bridgehead atoms. The van der Waals surface area contributed by atoms with E-state index in [1.165, 1.54) is 24.3 Å². The molecule has 1 aromatic heterocycles. The van der Waals surface area contributed by atoms with Gasteiger partial charge in [0.05, 0.1) is 0 Å². The molecule has 0 aliphatic heterocycles. The number of hydrogen-bond acceptors (Lipinski definition) is 4. The molecule has 0 aliphatic rings. The fourth-order valence-electron chi connectivity index (χ4n) is 1.52. The zero-order chi connectivity index (χ0) is 15.5. The zero-order valence-electron chi connectivity index (χ0n) is 10.9. The summed E-state index contributed by atoms with van der Waals surface area (Å²) < 4.78 is 56.7. The van der Waals surface area contributed by atoms with Crippen molar-refractivity contribution in [3.05, 3.63) is 42.0 Å². The maximum atomic E-state index is 13.5. The Morgan fingerprint density at radius 3 is 2.52 bits per heavy atom. The Bertz CT molecular complexity index is 631. The number of hydrogen-bond donors (Lipinski definition) is 1. The second kappa shape index (κ2) is 5.94. The van der Waals surface area contributed by atoms with Crippen LogP contribution >= 0.6 is 0 Å². The highest BCUT2D eigenvalue weighted by Gasteiger charge is 2.35. The molecule has 2 rings (SSSR count). The van der Waals surface area contributed by atoms with E-state index in [-0.39, 0.29) is 11.6 Å². The van der Waals surface area contributed by atoms with E-state index in [2.05, 4.69) is 15.3 Å². The van der Waals surface area contributed by atoms with Crippen LogP contribution in [0.25, 0.3) is 0 Å². The molecule has 0 unspecified atom stereocenters. The quantitative estimate of drug-likeness (QED) is 0.871. The lowest BCUT2D eigenvalue weighted by Gasteiger charge is -2.11. The maximum absolute atomic E-state index is 13.5. The van der Waals surface area contributed by atoms with Gasteiger partial charge in [-0.25, -0.2) is 9.37 Å². The number of benzene rings is 1. The Kier molecular flexibility index (Phi) is 4.25. The van der Waals surface area contributed by atoms with E-state index in [0.717, 1.165) is 6.07 Å². The van der Waals surface area contributed by atoms with Crippen molar-refractivity contribution in [2.45, 2.75) is 13.1 Å². The number of para-hydroxylation sites is 1. The van der Waals surface area contributed by atoms with E-state index in [4.69, 9.17) is 4.74 Å². The molecule has 8 heteroatoms. The Morgan fingerprint density at radius 2 is 1.90 bits per heavy atom. The summed E-state index contributed by atoms with van der Waals surface area (Å²) in [6.45, 7) is 2.07. The highest BCUT2D eigenvalue weighted by molar-refractivity contribution is 5.40. The molecular formula is C13H11F4N3O. The molecule has 0 spiro atoms. The highest BCUT2D eigenvalue weighted by atomic mass is 19.4. The standard InChI is InChI=1S/C13H11F4N3O/c1-2-18-10-7-11(20-12(19-10)13(15,16)17)21-9-6-4-3-5-8(9)14/h3-7H,2H2,1H3,(H,18,19,20). The lowest BCUT2D eigenvalue weighted by molar-refractivity contribution is -0.145. The van der Waals surface area contributed by atoms with Gasteiger partial charge in [0.25, 0.3) is 0 Å². The number of anilines is 1. The van der Waals surface area contributed by atoms with Crippen LogP contribution in [0.15, 0.2) is 30.3 Å². The first-order valence-electron chi connectivity index (χ1n) is 6.02. The minimum atomic E-state index is -4.72. The molecule has 4 nitrogen and oxygen atoms in total. The summed E-state index contributed by atoms with van der Waals surface area (Å²) in [6.07, 6.45) is -4.72. The Hall–Kier alpha value is -2.38. The van der Waals surface area contributed by atoms with E-state index in [1.54, 1.807) is 6.92 Å². The van der Waals surface area contributed by atoms with E-state index < -0.39 is 23.7 Å². The molecule has 2 aromatic rings.